The summed E-state index contributed by atoms with van der Waals surface area (Å²) in [5, 5.41) is 3.31. The molecule has 1 aliphatic rings. The molecular weight excluding hydrogens is 472 g/mol. The number of nitrogens with one attached hydrogen (secondary N) is 1. The molecule has 3 aromatic carbocycles. The van der Waals surface area contributed by atoms with Crippen LogP contribution in [0.25, 0.3) is 0 Å². The third-order valence-electron chi connectivity index (χ3n) is 7.64. The molecule has 1 aliphatic carbocycles. The fourth-order valence-electron chi connectivity index (χ4n) is 5.26. The summed E-state index contributed by atoms with van der Waals surface area (Å²) in [7, 11) is 1.64. The van der Waals surface area contributed by atoms with E-state index in [0.717, 1.165) is 53.7 Å². The molecule has 0 saturated heterocycles. The van der Waals surface area contributed by atoms with E-state index in [4.69, 9.17) is 4.74 Å². The van der Waals surface area contributed by atoms with Crippen LogP contribution in [0.5, 0.6) is 5.75 Å². The van der Waals surface area contributed by atoms with Crippen molar-refractivity contribution in [2.24, 2.45) is 0 Å². The van der Waals surface area contributed by atoms with E-state index in [-0.39, 0.29) is 24.3 Å². The van der Waals surface area contributed by atoms with E-state index in [1.54, 1.807) is 12.0 Å². The first-order valence-corrected chi connectivity index (χ1v) is 13.8. The summed E-state index contributed by atoms with van der Waals surface area (Å²) < 4.78 is 5.44. The Balaban J connectivity index is 1.67. The van der Waals surface area contributed by atoms with E-state index in [1.807, 2.05) is 60.7 Å². The van der Waals surface area contributed by atoms with Gasteiger partial charge in [-0.15, -0.1) is 0 Å². The van der Waals surface area contributed by atoms with Gasteiger partial charge in [0.05, 0.1) is 13.5 Å². The Morgan fingerprint density at radius 3 is 2.32 bits per heavy atom. The molecule has 0 bridgehead atoms. The van der Waals surface area contributed by atoms with Gasteiger partial charge < -0.3 is 15.0 Å². The predicted molar refractivity (Wildman–Crippen MR) is 152 cm³/mol. The van der Waals surface area contributed by atoms with Gasteiger partial charge in [0.25, 0.3) is 0 Å². The Kier molecular flexibility index (Phi) is 9.58. The Labute approximate surface area is 227 Å². The zero-order valence-corrected chi connectivity index (χ0v) is 22.9. The summed E-state index contributed by atoms with van der Waals surface area (Å²) in [5.41, 5.74) is 5.28. The fraction of sp³-hybridized carbons (Fsp3) is 0.394. The van der Waals surface area contributed by atoms with E-state index < -0.39 is 6.04 Å². The molecule has 1 atom stereocenters. The highest BCUT2D eigenvalue weighted by Crippen LogP contribution is 2.22. The van der Waals surface area contributed by atoms with Gasteiger partial charge in [-0.1, -0.05) is 79.9 Å². The van der Waals surface area contributed by atoms with Gasteiger partial charge in [-0.3, -0.25) is 9.59 Å². The minimum atomic E-state index is -0.621. The molecule has 38 heavy (non-hydrogen) atoms. The number of carbonyl (C=O) groups is 2. The second kappa shape index (κ2) is 13.3. The quantitative estimate of drug-likeness (QED) is 0.366. The number of ether oxygens (including phenoxy) is 1. The van der Waals surface area contributed by atoms with Crippen LogP contribution in [0.2, 0.25) is 0 Å². The Morgan fingerprint density at radius 2 is 1.61 bits per heavy atom. The average Bonchev–Trinajstić information content (AvgIpc) is 2.94. The smallest absolute Gasteiger partial charge is 0.243 e. The number of benzene rings is 3. The van der Waals surface area contributed by atoms with Crippen LogP contribution in [0.3, 0.4) is 0 Å². The van der Waals surface area contributed by atoms with Crippen LogP contribution < -0.4 is 10.1 Å². The zero-order valence-electron chi connectivity index (χ0n) is 22.9. The van der Waals surface area contributed by atoms with Crippen molar-refractivity contribution in [2.45, 2.75) is 77.4 Å². The SMILES string of the molecule is COc1cccc(CN(C(=O)Cc2ccc(C)c(C)c2)[C@@H](Cc2ccccc2)C(=O)NC2CCCCC2)c1. The summed E-state index contributed by atoms with van der Waals surface area (Å²) in [5.74, 6) is 0.600. The Morgan fingerprint density at radius 1 is 0.868 bits per heavy atom. The maximum atomic E-state index is 14.0. The lowest BCUT2D eigenvalue weighted by Crippen LogP contribution is -2.53. The largest absolute Gasteiger partial charge is 0.497 e. The van der Waals surface area contributed by atoms with Crippen molar-refractivity contribution in [3.8, 4) is 5.75 Å². The molecule has 5 heteroatoms. The van der Waals surface area contributed by atoms with E-state index in [9.17, 15) is 9.59 Å². The van der Waals surface area contributed by atoms with Crippen molar-refractivity contribution >= 4 is 11.8 Å². The minimum Gasteiger partial charge on any atom is -0.497 e. The number of amides is 2. The van der Waals surface area contributed by atoms with E-state index in [1.165, 1.54) is 12.0 Å². The molecule has 5 nitrogen and oxygen atoms in total. The summed E-state index contributed by atoms with van der Waals surface area (Å²) in [4.78, 5) is 29.7. The van der Waals surface area contributed by atoms with Gasteiger partial charge in [-0.25, -0.2) is 0 Å². The molecular formula is C33H40N2O3. The molecule has 4 rings (SSSR count). The topological polar surface area (TPSA) is 58.6 Å². The molecule has 0 spiro atoms. The van der Waals surface area contributed by atoms with Crippen molar-refractivity contribution in [1.82, 2.24) is 10.2 Å². The molecule has 0 unspecified atom stereocenters. The first-order chi connectivity index (χ1) is 18.4. The number of methoxy groups -OCH3 is 1. The van der Waals surface area contributed by atoms with Gasteiger partial charge in [0, 0.05) is 19.0 Å². The number of hydrogen-bond acceptors (Lipinski definition) is 3. The van der Waals surface area contributed by atoms with Gasteiger partial charge in [0.2, 0.25) is 11.8 Å². The van der Waals surface area contributed by atoms with E-state index in [0.29, 0.717) is 13.0 Å². The lowest BCUT2D eigenvalue weighted by molar-refractivity contribution is -0.141. The molecule has 0 aliphatic heterocycles. The minimum absolute atomic E-state index is 0.0594. The van der Waals surface area contributed by atoms with Crippen molar-refractivity contribution < 1.29 is 14.3 Å². The highest BCUT2D eigenvalue weighted by molar-refractivity contribution is 5.89. The van der Waals surface area contributed by atoms with Crippen LogP contribution >= 0.6 is 0 Å². The molecule has 3 aromatic rings. The molecule has 0 radical (unpaired) electrons. The summed E-state index contributed by atoms with van der Waals surface area (Å²) in [6, 6.07) is 23.4. The van der Waals surface area contributed by atoms with Crippen molar-refractivity contribution in [3.63, 3.8) is 0 Å². The van der Waals surface area contributed by atoms with Crippen LogP contribution in [0.1, 0.15) is 59.9 Å². The maximum absolute atomic E-state index is 14.0. The molecule has 0 aromatic heterocycles. The average molecular weight is 513 g/mol. The van der Waals surface area contributed by atoms with Crippen LogP contribution in [0.4, 0.5) is 0 Å². The number of nitrogens with zero attached hydrogens (tertiary/aromatic N) is 1. The van der Waals surface area contributed by atoms with Gasteiger partial charge in [-0.05, 0) is 66.6 Å². The number of aryl methyl sites for hydroxylation is 2. The normalized spacial score (nSPS) is 14.5. The molecule has 1 saturated carbocycles. The molecule has 0 heterocycles. The lowest BCUT2D eigenvalue weighted by atomic mass is 9.94. The van der Waals surface area contributed by atoms with Crippen molar-refractivity contribution in [1.29, 1.82) is 0 Å². The third-order valence-corrected chi connectivity index (χ3v) is 7.64. The van der Waals surface area contributed by atoms with Crippen LogP contribution in [-0.2, 0) is 29.0 Å². The van der Waals surface area contributed by atoms with Gasteiger partial charge in [-0.2, -0.15) is 0 Å². The number of hydrogen-bond donors (Lipinski definition) is 1. The maximum Gasteiger partial charge on any atom is 0.243 e. The van der Waals surface area contributed by atoms with Gasteiger partial charge in [0.1, 0.15) is 11.8 Å². The molecule has 200 valence electrons. The summed E-state index contributed by atoms with van der Waals surface area (Å²) in [6.45, 7) is 4.46. The van der Waals surface area contributed by atoms with E-state index >= 15 is 0 Å². The van der Waals surface area contributed by atoms with Crippen molar-refractivity contribution in [3.05, 3.63) is 101 Å². The first-order valence-electron chi connectivity index (χ1n) is 13.8. The third kappa shape index (κ3) is 7.47. The van der Waals surface area contributed by atoms with Crippen LogP contribution in [0.15, 0.2) is 72.8 Å². The summed E-state index contributed by atoms with van der Waals surface area (Å²) in [6.07, 6.45) is 6.18. The number of rotatable bonds is 10. The highest BCUT2D eigenvalue weighted by Gasteiger charge is 2.32. The second-order valence-corrected chi connectivity index (χ2v) is 10.5. The van der Waals surface area contributed by atoms with Crippen LogP contribution in [-0.4, -0.2) is 35.9 Å². The standard InChI is InChI=1S/C33H40N2O3/c1-24-17-18-27(19-25(24)2)22-32(36)35(23-28-13-10-16-30(20-28)38-3)31(21-26-11-6-4-7-12-26)33(37)34-29-14-8-5-9-15-29/h4,6-7,10-13,16-20,29,31H,5,8-9,14-15,21-23H2,1-3H3,(H,34,37)/t31-/m0/s1. The molecule has 1 N–H and O–H groups in total. The van der Waals surface area contributed by atoms with E-state index in [2.05, 4.69) is 31.3 Å². The first kappa shape index (κ1) is 27.4. The zero-order chi connectivity index (χ0) is 26.9. The molecule has 2 amide bonds. The molecule has 1 fully saturated rings. The van der Waals surface area contributed by atoms with Gasteiger partial charge >= 0.3 is 0 Å². The van der Waals surface area contributed by atoms with Gasteiger partial charge in [0.15, 0.2) is 0 Å². The Bertz CT molecular complexity index is 1220. The van der Waals surface area contributed by atoms with Crippen LogP contribution in [0, 0.1) is 13.8 Å². The highest BCUT2D eigenvalue weighted by atomic mass is 16.5. The fourth-order valence-corrected chi connectivity index (χ4v) is 5.26. The predicted octanol–water partition coefficient (Wildman–Crippen LogP) is 5.94. The monoisotopic (exact) mass is 512 g/mol. The van der Waals surface area contributed by atoms with Crippen molar-refractivity contribution in [2.75, 3.05) is 7.11 Å². The summed E-state index contributed by atoms with van der Waals surface area (Å²) >= 11 is 0. The second-order valence-electron chi connectivity index (χ2n) is 10.5. The Hall–Kier alpha value is -3.60. The number of carbonyl (C=O) groups excluding carboxylic acids is 2. The lowest BCUT2D eigenvalue weighted by Gasteiger charge is -2.33.